The van der Waals surface area contributed by atoms with Crippen molar-refractivity contribution in [3.05, 3.63) is 76.9 Å². The molecule has 0 aliphatic heterocycles. The zero-order chi connectivity index (χ0) is 24.6. The molecular weight excluding hydrogens is 467 g/mol. The van der Waals surface area contributed by atoms with Crippen molar-refractivity contribution < 1.29 is 17.9 Å². The number of fused-ring (bicyclic) bond motifs is 1. The van der Waals surface area contributed by atoms with Gasteiger partial charge in [-0.3, -0.25) is 15.4 Å². The van der Waals surface area contributed by atoms with Crippen LogP contribution in [0.15, 0.2) is 60.7 Å². The first kappa shape index (κ1) is 23.3. The van der Waals surface area contributed by atoms with Crippen molar-refractivity contribution in [3.63, 3.8) is 0 Å². The SMILES string of the molecule is COc1cc(-c2cccc(N(C)c3nc(=N)n(C=N)c4cc(Cl)ccc34)c2)ccc1C(F)(F)F. The van der Waals surface area contributed by atoms with Gasteiger partial charge in [0.05, 0.1) is 24.5 Å². The van der Waals surface area contributed by atoms with Crippen LogP contribution in [0.3, 0.4) is 0 Å². The van der Waals surface area contributed by atoms with E-state index in [9.17, 15) is 13.2 Å². The van der Waals surface area contributed by atoms with Crippen LogP contribution in [0.25, 0.3) is 22.0 Å². The molecule has 34 heavy (non-hydrogen) atoms. The van der Waals surface area contributed by atoms with E-state index in [1.807, 2.05) is 12.1 Å². The Morgan fingerprint density at radius 3 is 2.47 bits per heavy atom. The van der Waals surface area contributed by atoms with Gasteiger partial charge in [0, 0.05) is 23.1 Å². The number of alkyl halides is 3. The average Bonchev–Trinajstić information content (AvgIpc) is 2.82. The Bertz CT molecular complexity index is 1470. The fraction of sp³-hybridized carbons (Fsp3) is 0.125. The van der Waals surface area contributed by atoms with E-state index in [1.165, 1.54) is 23.8 Å². The molecule has 0 fully saturated rings. The highest BCUT2D eigenvalue weighted by Crippen LogP contribution is 2.39. The summed E-state index contributed by atoms with van der Waals surface area (Å²) in [4.78, 5) is 6.13. The summed E-state index contributed by atoms with van der Waals surface area (Å²) in [5.74, 6) is 0.211. The summed E-state index contributed by atoms with van der Waals surface area (Å²) in [6, 6.07) is 16.1. The lowest BCUT2D eigenvalue weighted by Gasteiger charge is -2.22. The van der Waals surface area contributed by atoms with Crippen molar-refractivity contribution in [2.45, 2.75) is 6.18 Å². The van der Waals surface area contributed by atoms with E-state index in [-0.39, 0.29) is 11.4 Å². The highest BCUT2D eigenvalue weighted by molar-refractivity contribution is 6.31. The minimum atomic E-state index is -4.52. The first-order chi connectivity index (χ1) is 16.1. The second-order valence-electron chi connectivity index (χ2n) is 7.44. The van der Waals surface area contributed by atoms with Crippen molar-refractivity contribution in [3.8, 4) is 16.9 Å². The van der Waals surface area contributed by atoms with Gasteiger partial charge < -0.3 is 9.64 Å². The molecule has 3 aromatic carbocycles. The number of hydrogen-bond donors (Lipinski definition) is 2. The quantitative estimate of drug-likeness (QED) is 0.265. The predicted octanol–water partition coefficient (Wildman–Crippen LogP) is 6.09. The second-order valence-corrected chi connectivity index (χ2v) is 7.88. The molecule has 1 heterocycles. The number of nitrogens with one attached hydrogen (secondary N) is 2. The molecular formula is C24H19ClF3N5O. The zero-order valence-corrected chi connectivity index (χ0v) is 18.9. The number of ether oxygens (including phenoxy) is 1. The smallest absolute Gasteiger partial charge is 0.419 e. The molecule has 1 aromatic heterocycles. The number of halogens is 4. The van der Waals surface area contributed by atoms with Gasteiger partial charge in [-0.2, -0.15) is 18.2 Å². The molecule has 2 N–H and O–H groups in total. The van der Waals surface area contributed by atoms with E-state index in [1.54, 1.807) is 42.3 Å². The Morgan fingerprint density at radius 2 is 1.79 bits per heavy atom. The van der Waals surface area contributed by atoms with Crippen LogP contribution in [0.5, 0.6) is 5.75 Å². The summed E-state index contributed by atoms with van der Waals surface area (Å²) in [6.45, 7) is 0. The number of benzene rings is 3. The fourth-order valence-corrected chi connectivity index (χ4v) is 3.90. The number of nitrogens with zero attached hydrogens (tertiary/aromatic N) is 3. The number of hydrogen-bond acceptors (Lipinski definition) is 5. The van der Waals surface area contributed by atoms with Crippen LogP contribution >= 0.6 is 11.6 Å². The molecule has 0 unspecified atom stereocenters. The van der Waals surface area contributed by atoms with Gasteiger partial charge in [0.2, 0.25) is 5.62 Å². The van der Waals surface area contributed by atoms with E-state index >= 15 is 0 Å². The molecule has 0 atom stereocenters. The standard InChI is InChI=1S/C24H19ClF3N5O/c1-32(22-18-8-7-16(25)12-20(18)33(13-29)23(30)31-22)17-5-3-4-14(10-17)15-6-9-19(24(26,27)28)21(11-15)34-2/h3-13,29-30H,1-2H3. The van der Waals surface area contributed by atoms with Gasteiger partial charge in [0.15, 0.2) is 0 Å². The highest BCUT2D eigenvalue weighted by Gasteiger charge is 2.34. The Balaban J connectivity index is 1.81. The van der Waals surface area contributed by atoms with Crippen LogP contribution in [-0.2, 0) is 6.18 Å². The van der Waals surface area contributed by atoms with Gasteiger partial charge in [-0.1, -0.05) is 29.8 Å². The summed E-state index contributed by atoms with van der Waals surface area (Å²) >= 11 is 6.14. The third-order valence-corrected chi connectivity index (χ3v) is 5.66. The number of methoxy groups -OCH3 is 1. The lowest BCUT2D eigenvalue weighted by Crippen LogP contribution is -2.26. The largest absolute Gasteiger partial charge is 0.496 e. The molecule has 4 rings (SSSR count). The fourth-order valence-electron chi connectivity index (χ4n) is 3.73. The monoisotopic (exact) mass is 485 g/mol. The molecule has 0 bridgehead atoms. The van der Waals surface area contributed by atoms with Crippen molar-refractivity contribution in [2.24, 2.45) is 0 Å². The van der Waals surface area contributed by atoms with E-state index in [0.29, 0.717) is 38.6 Å². The molecule has 4 aromatic rings. The maximum absolute atomic E-state index is 13.2. The summed E-state index contributed by atoms with van der Waals surface area (Å²) in [5.41, 5.74) is 1.50. The first-order valence-electron chi connectivity index (χ1n) is 10.0. The van der Waals surface area contributed by atoms with Crippen molar-refractivity contribution in [2.75, 3.05) is 19.1 Å². The van der Waals surface area contributed by atoms with Crippen LogP contribution in [0.1, 0.15) is 5.56 Å². The van der Waals surface area contributed by atoms with Crippen molar-refractivity contribution >= 4 is 40.3 Å². The Kier molecular flexibility index (Phi) is 6.05. The van der Waals surface area contributed by atoms with Crippen LogP contribution < -0.4 is 15.3 Å². The molecule has 6 nitrogen and oxygen atoms in total. The molecule has 0 spiro atoms. The van der Waals surface area contributed by atoms with Crippen LogP contribution in [0.2, 0.25) is 5.02 Å². The molecule has 0 amide bonds. The van der Waals surface area contributed by atoms with E-state index in [4.69, 9.17) is 27.2 Å². The summed E-state index contributed by atoms with van der Waals surface area (Å²) in [6.07, 6.45) is -3.52. The molecule has 0 aliphatic carbocycles. The summed E-state index contributed by atoms with van der Waals surface area (Å²) in [5, 5.41) is 17.0. The molecule has 0 radical (unpaired) electrons. The maximum atomic E-state index is 13.2. The minimum absolute atomic E-state index is 0.143. The highest BCUT2D eigenvalue weighted by atomic mass is 35.5. The Hall–Kier alpha value is -3.85. The van der Waals surface area contributed by atoms with Crippen molar-refractivity contribution in [1.29, 1.82) is 10.8 Å². The van der Waals surface area contributed by atoms with E-state index in [0.717, 1.165) is 12.4 Å². The van der Waals surface area contributed by atoms with E-state index in [2.05, 4.69) is 4.98 Å². The molecule has 0 aliphatic rings. The van der Waals surface area contributed by atoms with Gasteiger partial charge in [-0.05, 0) is 53.6 Å². The maximum Gasteiger partial charge on any atom is 0.419 e. The van der Waals surface area contributed by atoms with E-state index < -0.39 is 11.7 Å². The van der Waals surface area contributed by atoms with Gasteiger partial charge in [-0.25, -0.2) is 0 Å². The molecule has 174 valence electrons. The molecule has 0 saturated heterocycles. The Morgan fingerprint density at radius 1 is 1.06 bits per heavy atom. The van der Waals surface area contributed by atoms with Gasteiger partial charge >= 0.3 is 6.18 Å². The lowest BCUT2D eigenvalue weighted by molar-refractivity contribution is -0.138. The second kappa shape index (κ2) is 8.83. The summed E-state index contributed by atoms with van der Waals surface area (Å²) < 4.78 is 46.0. The predicted molar refractivity (Wildman–Crippen MR) is 126 cm³/mol. The van der Waals surface area contributed by atoms with Crippen LogP contribution in [0.4, 0.5) is 24.7 Å². The summed E-state index contributed by atoms with van der Waals surface area (Å²) in [7, 11) is 2.98. The third-order valence-electron chi connectivity index (χ3n) is 5.42. The molecule has 10 heteroatoms. The normalized spacial score (nSPS) is 11.5. The lowest BCUT2D eigenvalue weighted by atomic mass is 10.0. The van der Waals surface area contributed by atoms with Gasteiger partial charge in [0.1, 0.15) is 11.6 Å². The minimum Gasteiger partial charge on any atom is -0.496 e. The number of aromatic nitrogens is 2. The third kappa shape index (κ3) is 4.22. The average molecular weight is 486 g/mol. The molecule has 0 saturated carbocycles. The van der Waals surface area contributed by atoms with Crippen molar-refractivity contribution in [1.82, 2.24) is 9.55 Å². The number of rotatable bonds is 5. The topological polar surface area (TPSA) is 78.0 Å². The number of anilines is 2. The Labute approximate surface area is 197 Å². The van der Waals surface area contributed by atoms with Crippen LogP contribution in [0, 0.1) is 10.8 Å². The first-order valence-corrected chi connectivity index (χ1v) is 10.4. The van der Waals surface area contributed by atoms with Gasteiger partial charge in [0.25, 0.3) is 0 Å². The van der Waals surface area contributed by atoms with Gasteiger partial charge in [-0.15, -0.1) is 0 Å². The zero-order valence-electron chi connectivity index (χ0n) is 18.1. The van der Waals surface area contributed by atoms with Crippen LogP contribution in [-0.4, -0.2) is 30.0 Å².